The van der Waals surface area contributed by atoms with Crippen LogP contribution in [0.15, 0.2) is 17.1 Å². The Morgan fingerprint density at radius 2 is 2.38 bits per heavy atom. The van der Waals surface area contributed by atoms with Crippen LogP contribution in [0.5, 0.6) is 0 Å². The van der Waals surface area contributed by atoms with Gasteiger partial charge in [0.25, 0.3) is 5.56 Å². The van der Waals surface area contributed by atoms with Crippen LogP contribution < -0.4 is 16.2 Å². The van der Waals surface area contributed by atoms with E-state index in [0.717, 1.165) is 5.69 Å². The van der Waals surface area contributed by atoms with Gasteiger partial charge in [-0.3, -0.25) is 4.79 Å². The van der Waals surface area contributed by atoms with E-state index in [0.29, 0.717) is 13.1 Å². The third-order valence-electron chi connectivity index (χ3n) is 2.20. The molecule has 3 N–H and O–H groups in total. The molecule has 0 saturated carbocycles. The molecule has 0 aromatic carbocycles. The molecule has 6 nitrogen and oxygen atoms in total. The van der Waals surface area contributed by atoms with E-state index < -0.39 is 6.10 Å². The molecule has 16 heavy (non-hydrogen) atoms. The maximum atomic E-state index is 11.6. The van der Waals surface area contributed by atoms with Crippen LogP contribution in [0.3, 0.4) is 0 Å². The van der Waals surface area contributed by atoms with Gasteiger partial charge < -0.3 is 15.7 Å². The van der Waals surface area contributed by atoms with Gasteiger partial charge in [0.1, 0.15) is 0 Å². The van der Waals surface area contributed by atoms with Crippen LogP contribution in [0.4, 0.5) is 5.69 Å². The third kappa shape index (κ3) is 3.32. The summed E-state index contributed by atoms with van der Waals surface area (Å²) in [4.78, 5) is 13.5. The van der Waals surface area contributed by atoms with Gasteiger partial charge in [-0.25, -0.2) is 4.68 Å². The zero-order valence-electron chi connectivity index (χ0n) is 9.63. The monoisotopic (exact) mass is 226 g/mol. The van der Waals surface area contributed by atoms with Crippen LogP contribution in [0.1, 0.15) is 6.92 Å². The van der Waals surface area contributed by atoms with Gasteiger partial charge in [0, 0.05) is 26.2 Å². The van der Waals surface area contributed by atoms with Crippen LogP contribution >= 0.6 is 0 Å². The average molecular weight is 226 g/mol. The van der Waals surface area contributed by atoms with E-state index >= 15 is 0 Å². The molecule has 0 aliphatic rings. The van der Waals surface area contributed by atoms with Crippen LogP contribution in [0.25, 0.3) is 0 Å². The number of hydrogen-bond acceptors (Lipinski definition) is 5. The predicted molar refractivity (Wildman–Crippen MR) is 62.5 cm³/mol. The van der Waals surface area contributed by atoms with Gasteiger partial charge in [-0.1, -0.05) is 0 Å². The molecular formula is C10H18N4O2. The van der Waals surface area contributed by atoms with Gasteiger partial charge in [0.15, 0.2) is 0 Å². The lowest BCUT2D eigenvalue weighted by molar-refractivity contribution is 0.166. The van der Waals surface area contributed by atoms with Crippen LogP contribution in [0, 0.1) is 0 Å². The molecule has 1 atom stereocenters. The quantitative estimate of drug-likeness (QED) is 0.674. The number of nitrogens with zero attached hydrogens (tertiary/aromatic N) is 3. The first kappa shape index (κ1) is 12.7. The minimum atomic E-state index is -0.585. The standard InChI is InChI=1S/C10H18N4O2/c1-8(15)7-14-10(16)5-9(6-12-14)13(2)4-3-11/h5-6,8,15H,3-4,7,11H2,1-2H3. The Morgan fingerprint density at radius 3 is 2.88 bits per heavy atom. The van der Waals surface area contributed by atoms with E-state index in [9.17, 15) is 4.79 Å². The molecule has 0 radical (unpaired) electrons. The molecule has 0 bridgehead atoms. The second-order valence-electron chi connectivity index (χ2n) is 3.79. The molecule has 1 unspecified atom stereocenters. The van der Waals surface area contributed by atoms with E-state index in [2.05, 4.69) is 5.10 Å². The number of hydrogen-bond donors (Lipinski definition) is 2. The summed E-state index contributed by atoms with van der Waals surface area (Å²) >= 11 is 0. The fourth-order valence-electron chi connectivity index (χ4n) is 1.34. The Kier molecular flexibility index (Phi) is 4.45. The zero-order chi connectivity index (χ0) is 12.1. The van der Waals surface area contributed by atoms with E-state index in [1.54, 1.807) is 13.1 Å². The highest BCUT2D eigenvalue weighted by atomic mass is 16.3. The Morgan fingerprint density at radius 1 is 1.69 bits per heavy atom. The molecule has 1 heterocycles. The highest BCUT2D eigenvalue weighted by Crippen LogP contribution is 2.05. The number of likely N-dealkylation sites (N-methyl/N-ethyl adjacent to an activating group) is 1. The summed E-state index contributed by atoms with van der Waals surface area (Å²) in [6, 6.07) is 1.49. The van der Waals surface area contributed by atoms with Gasteiger partial charge in [0.2, 0.25) is 0 Å². The minimum absolute atomic E-state index is 0.208. The predicted octanol–water partition coefficient (Wildman–Crippen LogP) is -0.981. The minimum Gasteiger partial charge on any atom is -0.391 e. The summed E-state index contributed by atoms with van der Waals surface area (Å²) in [6.45, 7) is 3.01. The van der Waals surface area contributed by atoms with Crippen molar-refractivity contribution in [2.75, 3.05) is 25.0 Å². The van der Waals surface area contributed by atoms with Gasteiger partial charge in [-0.2, -0.15) is 5.10 Å². The molecule has 1 rings (SSSR count). The normalized spacial score (nSPS) is 12.5. The zero-order valence-corrected chi connectivity index (χ0v) is 9.63. The SMILES string of the molecule is CC(O)Cn1ncc(N(C)CCN)cc1=O. The van der Waals surface area contributed by atoms with Crippen LogP contribution in [0.2, 0.25) is 0 Å². The first-order valence-corrected chi connectivity index (χ1v) is 5.21. The lowest BCUT2D eigenvalue weighted by atomic mass is 10.4. The summed E-state index contributed by atoms with van der Waals surface area (Å²) < 4.78 is 1.24. The van der Waals surface area contributed by atoms with E-state index in [4.69, 9.17) is 10.8 Å². The van der Waals surface area contributed by atoms with Crippen LogP contribution in [-0.2, 0) is 6.54 Å². The highest BCUT2D eigenvalue weighted by Gasteiger charge is 2.05. The highest BCUT2D eigenvalue weighted by molar-refractivity contribution is 5.41. The number of anilines is 1. The smallest absolute Gasteiger partial charge is 0.268 e. The maximum absolute atomic E-state index is 11.6. The molecular weight excluding hydrogens is 208 g/mol. The van der Waals surface area contributed by atoms with Crippen molar-refractivity contribution in [2.45, 2.75) is 19.6 Å². The topological polar surface area (TPSA) is 84.4 Å². The van der Waals surface area contributed by atoms with E-state index in [-0.39, 0.29) is 12.1 Å². The van der Waals surface area contributed by atoms with Crippen molar-refractivity contribution >= 4 is 5.69 Å². The van der Waals surface area contributed by atoms with Crippen LogP contribution in [-0.4, -0.2) is 41.1 Å². The lowest BCUT2D eigenvalue weighted by Gasteiger charge is -2.17. The van der Waals surface area contributed by atoms with Crippen molar-refractivity contribution in [1.82, 2.24) is 9.78 Å². The van der Waals surface area contributed by atoms with Gasteiger partial charge in [-0.05, 0) is 6.92 Å². The number of aliphatic hydroxyl groups excluding tert-OH is 1. The molecule has 1 aromatic rings. The summed E-state index contributed by atoms with van der Waals surface area (Å²) in [5.41, 5.74) is 5.94. The Labute approximate surface area is 94.3 Å². The Bertz CT molecular complexity index is 389. The third-order valence-corrected chi connectivity index (χ3v) is 2.20. The molecule has 0 aliphatic heterocycles. The second-order valence-corrected chi connectivity index (χ2v) is 3.79. The molecule has 1 aromatic heterocycles. The van der Waals surface area contributed by atoms with Gasteiger partial charge in [0.05, 0.1) is 24.5 Å². The average Bonchev–Trinajstić information content (AvgIpc) is 2.20. The molecule has 0 amide bonds. The first-order valence-electron chi connectivity index (χ1n) is 5.21. The van der Waals surface area contributed by atoms with Crippen molar-refractivity contribution in [3.63, 3.8) is 0 Å². The molecule has 90 valence electrons. The second kappa shape index (κ2) is 5.62. The van der Waals surface area contributed by atoms with E-state index in [1.165, 1.54) is 10.7 Å². The fourth-order valence-corrected chi connectivity index (χ4v) is 1.34. The van der Waals surface area contributed by atoms with Crippen molar-refractivity contribution < 1.29 is 5.11 Å². The first-order chi connectivity index (χ1) is 7.54. The lowest BCUT2D eigenvalue weighted by Crippen LogP contribution is -2.30. The van der Waals surface area contributed by atoms with Crippen molar-refractivity contribution in [3.8, 4) is 0 Å². The molecule has 0 spiro atoms. The Balaban J connectivity index is 2.86. The fraction of sp³-hybridized carbons (Fsp3) is 0.600. The number of aromatic nitrogens is 2. The van der Waals surface area contributed by atoms with Crippen molar-refractivity contribution in [2.24, 2.45) is 5.73 Å². The van der Waals surface area contributed by atoms with Crippen molar-refractivity contribution in [1.29, 1.82) is 0 Å². The number of nitrogens with two attached hydrogens (primary N) is 1. The van der Waals surface area contributed by atoms with Gasteiger partial charge in [-0.15, -0.1) is 0 Å². The maximum Gasteiger partial charge on any atom is 0.268 e. The Hall–Kier alpha value is -1.40. The molecule has 6 heteroatoms. The van der Waals surface area contributed by atoms with E-state index in [1.807, 2.05) is 11.9 Å². The molecule has 0 fully saturated rings. The van der Waals surface area contributed by atoms with Crippen molar-refractivity contribution in [3.05, 3.63) is 22.6 Å². The number of aliphatic hydroxyl groups is 1. The summed E-state index contributed by atoms with van der Waals surface area (Å²) in [7, 11) is 1.85. The molecule has 0 saturated heterocycles. The van der Waals surface area contributed by atoms with Gasteiger partial charge >= 0.3 is 0 Å². The summed E-state index contributed by atoms with van der Waals surface area (Å²) in [6.07, 6.45) is 1.01. The largest absolute Gasteiger partial charge is 0.391 e. The molecule has 0 aliphatic carbocycles. The number of rotatable bonds is 5. The summed E-state index contributed by atoms with van der Waals surface area (Å²) in [5.74, 6) is 0. The summed E-state index contributed by atoms with van der Waals surface area (Å²) in [5, 5.41) is 13.1.